The molecule has 2 aromatic carbocycles. The Kier molecular flexibility index (Phi) is 8.44. The molecule has 160 valence electrons. The molecule has 0 aliphatic carbocycles. The standard InChI is InChI=1S/C23H31N5OS/c1-27(2)22(29)17-25-23(24-14-16-30-21-11-7-4-8-12-21)26-19-13-15-28(18-19)20-9-5-3-6-10-20/h3-12,19H,13-18H2,1-2H3,(H2,24,25,26). The third kappa shape index (κ3) is 6.99. The van der Waals surface area contributed by atoms with Gasteiger partial charge in [0.25, 0.3) is 0 Å². The molecule has 0 bridgehead atoms. The summed E-state index contributed by atoms with van der Waals surface area (Å²) in [6, 6.07) is 21.1. The number of nitrogens with zero attached hydrogens (tertiary/aromatic N) is 3. The number of hydrogen-bond donors (Lipinski definition) is 2. The predicted molar refractivity (Wildman–Crippen MR) is 126 cm³/mol. The Hall–Kier alpha value is -2.67. The van der Waals surface area contributed by atoms with Crippen LogP contribution in [0.15, 0.2) is 70.6 Å². The van der Waals surface area contributed by atoms with Crippen LogP contribution in [-0.4, -0.2) is 68.8 Å². The van der Waals surface area contributed by atoms with Crippen molar-refractivity contribution in [1.82, 2.24) is 15.5 Å². The first kappa shape index (κ1) is 22.0. The van der Waals surface area contributed by atoms with E-state index in [1.807, 2.05) is 12.1 Å². The first-order valence-corrected chi connectivity index (χ1v) is 11.3. The Morgan fingerprint density at radius 2 is 1.83 bits per heavy atom. The van der Waals surface area contributed by atoms with Crippen molar-refractivity contribution in [2.45, 2.75) is 17.4 Å². The van der Waals surface area contributed by atoms with Crippen molar-refractivity contribution < 1.29 is 4.79 Å². The molecule has 30 heavy (non-hydrogen) atoms. The summed E-state index contributed by atoms with van der Waals surface area (Å²) in [5.74, 6) is 1.62. The zero-order valence-electron chi connectivity index (χ0n) is 17.8. The Balaban J connectivity index is 1.53. The summed E-state index contributed by atoms with van der Waals surface area (Å²) in [6.45, 7) is 2.85. The molecule has 6 nitrogen and oxygen atoms in total. The maximum absolute atomic E-state index is 12.0. The molecule has 0 spiro atoms. The molecule has 1 fully saturated rings. The third-order valence-electron chi connectivity index (χ3n) is 4.93. The Bertz CT molecular complexity index is 813. The van der Waals surface area contributed by atoms with E-state index in [1.54, 1.807) is 30.8 Å². The molecule has 0 radical (unpaired) electrons. The Morgan fingerprint density at radius 3 is 2.53 bits per heavy atom. The number of benzene rings is 2. The minimum Gasteiger partial charge on any atom is -0.369 e. The lowest BCUT2D eigenvalue weighted by molar-refractivity contribution is -0.127. The molecule has 1 amide bonds. The number of carbonyl (C=O) groups excluding carboxylic acids is 1. The Morgan fingerprint density at radius 1 is 1.13 bits per heavy atom. The summed E-state index contributed by atoms with van der Waals surface area (Å²) < 4.78 is 0. The van der Waals surface area contributed by atoms with E-state index in [2.05, 4.69) is 69.1 Å². The molecular weight excluding hydrogens is 394 g/mol. The van der Waals surface area contributed by atoms with Gasteiger partial charge >= 0.3 is 0 Å². The van der Waals surface area contributed by atoms with E-state index >= 15 is 0 Å². The van der Waals surface area contributed by atoms with Crippen LogP contribution in [-0.2, 0) is 4.79 Å². The summed E-state index contributed by atoms with van der Waals surface area (Å²) in [4.78, 5) is 21.7. The van der Waals surface area contributed by atoms with Crippen molar-refractivity contribution in [3.05, 3.63) is 60.7 Å². The van der Waals surface area contributed by atoms with Gasteiger partial charge in [-0.15, -0.1) is 11.8 Å². The van der Waals surface area contributed by atoms with E-state index in [9.17, 15) is 4.79 Å². The van der Waals surface area contributed by atoms with Crippen LogP contribution in [0.25, 0.3) is 0 Å². The quantitative estimate of drug-likeness (QED) is 0.295. The van der Waals surface area contributed by atoms with Crippen LogP contribution in [0.1, 0.15) is 6.42 Å². The number of hydrogen-bond acceptors (Lipinski definition) is 4. The lowest BCUT2D eigenvalue weighted by Crippen LogP contribution is -2.45. The van der Waals surface area contributed by atoms with Crippen molar-refractivity contribution >= 4 is 29.3 Å². The maximum Gasteiger partial charge on any atom is 0.243 e. The van der Waals surface area contributed by atoms with E-state index < -0.39 is 0 Å². The highest BCUT2D eigenvalue weighted by Gasteiger charge is 2.23. The number of aliphatic imine (C=N–C) groups is 1. The molecule has 2 aromatic rings. The van der Waals surface area contributed by atoms with E-state index in [4.69, 9.17) is 0 Å². The largest absolute Gasteiger partial charge is 0.369 e. The average Bonchev–Trinajstić information content (AvgIpc) is 3.24. The number of guanidine groups is 1. The zero-order valence-corrected chi connectivity index (χ0v) is 18.6. The summed E-state index contributed by atoms with van der Waals surface area (Å²) in [5.41, 5.74) is 1.25. The van der Waals surface area contributed by atoms with Gasteiger partial charge < -0.3 is 20.4 Å². The van der Waals surface area contributed by atoms with Crippen molar-refractivity contribution in [2.24, 2.45) is 4.99 Å². The number of nitrogens with one attached hydrogen (secondary N) is 2. The van der Waals surface area contributed by atoms with Crippen LogP contribution >= 0.6 is 11.8 Å². The highest BCUT2D eigenvalue weighted by Crippen LogP contribution is 2.19. The molecule has 1 aliphatic rings. The fourth-order valence-electron chi connectivity index (χ4n) is 3.24. The number of amides is 1. The van der Waals surface area contributed by atoms with Crippen LogP contribution < -0.4 is 15.5 Å². The molecular formula is C23H31N5OS. The third-order valence-corrected chi connectivity index (χ3v) is 5.94. The molecule has 1 unspecified atom stereocenters. The van der Waals surface area contributed by atoms with Gasteiger partial charge in [0.1, 0.15) is 6.54 Å². The predicted octanol–water partition coefficient (Wildman–Crippen LogP) is 2.68. The van der Waals surface area contributed by atoms with Crippen molar-refractivity contribution in [3.8, 4) is 0 Å². The second-order valence-electron chi connectivity index (χ2n) is 7.45. The van der Waals surface area contributed by atoms with Crippen molar-refractivity contribution in [2.75, 3.05) is 50.9 Å². The highest BCUT2D eigenvalue weighted by molar-refractivity contribution is 7.99. The number of likely N-dealkylation sites (N-methyl/N-ethyl adjacent to an activating group) is 1. The minimum atomic E-state index is -0.00732. The number of anilines is 1. The zero-order chi connectivity index (χ0) is 21.2. The van der Waals surface area contributed by atoms with Crippen molar-refractivity contribution in [3.63, 3.8) is 0 Å². The van der Waals surface area contributed by atoms with Crippen LogP contribution in [0.4, 0.5) is 5.69 Å². The van der Waals surface area contributed by atoms with Gasteiger partial charge in [-0.2, -0.15) is 0 Å². The molecule has 1 atom stereocenters. The van der Waals surface area contributed by atoms with Crippen LogP contribution in [0.2, 0.25) is 0 Å². The maximum atomic E-state index is 12.0. The first-order valence-electron chi connectivity index (χ1n) is 10.3. The number of para-hydroxylation sites is 1. The summed E-state index contributed by atoms with van der Waals surface area (Å²) in [6.07, 6.45) is 1.04. The molecule has 3 rings (SSSR count). The number of rotatable bonds is 8. The van der Waals surface area contributed by atoms with E-state index in [-0.39, 0.29) is 12.5 Å². The van der Waals surface area contributed by atoms with E-state index in [0.29, 0.717) is 12.0 Å². The van der Waals surface area contributed by atoms with Gasteiger partial charge in [0.15, 0.2) is 5.96 Å². The molecule has 1 aliphatic heterocycles. The summed E-state index contributed by atoms with van der Waals surface area (Å²) in [5, 5.41) is 6.92. The van der Waals surface area contributed by atoms with Gasteiger partial charge in [-0.3, -0.25) is 4.79 Å². The minimum absolute atomic E-state index is 0.00732. The topological polar surface area (TPSA) is 60.0 Å². The molecule has 1 heterocycles. The summed E-state index contributed by atoms with van der Waals surface area (Å²) >= 11 is 1.80. The van der Waals surface area contributed by atoms with Crippen LogP contribution in [0.3, 0.4) is 0 Å². The normalized spacial score (nSPS) is 16.4. The lowest BCUT2D eigenvalue weighted by Gasteiger charge is -2.20. The average molecular weight is 426 g/mol. The van der Waals surface area contributed by atoms with Gasteiger partial charge in [-0.05, 0) is 30.7 Å². The van der Waals surface area contributed by atoms with Crippen molar-refractivity contribution in [1.29, 1.82) is 0 Å². The molecule has 0 saturated carbocycles. The molecule has 1 saturated heterocycles. The molecule has 0 aromatic heterocycles. The number of thioether (sulfide) groups is 1. The highest BCUT2D eigenvalue weighted by atomic mass is 32.2. The second kappa shape index (κ2) is 11.5. The molecule has 7 heteroatoms. The van der Waals surface area contributed by atoms with Gasteiger partial charge in [-0.1, -0.05) is 36.4 Å². The monoisotopic (exact) mass is 425 g/mol. The smallest absolute Gasteiger partial charge is 0.243 e. The molecule has 2 N–H and O–H groups in total. The van der Waals surface area contributed by atoms with Gasteiger partial charge in [0.05, 0.1) is 0 Å². The lowest BCUT2D eigenvalue weighted by atomic mass is 10.3. The Labute approximate surface area is 183 Å². The first-order chi connectivity index (χ1) is 14.6. The fraction of sp³-hybridized carbons (Fsp3) is 0.391. The summed E-state index contributed by atoms with van der Waals surface area (Å²) in [7, 11) is 3.51. The number of carbonyl (C=O) groups is 1. The second-order valence-corrected chi connectivity index (χ2v) is 8.62. The van der Waals surface area contributed by atoms with Crippen LogP contribution in [0, 0.1) is 0 Å². The van der Waals surface area contributed by atoms with E-state index in [0.717, 1.165) is 31.8 Å². The van der Waals surface area contributed by atoms with Gasteiger partial charge in [0.2, 0.25) is 5.91 Å². The SMILES string of the molecule is CN(C)C(=O)CN=C(NCCSc1ccccc1)NC1CCN(c2ccccc2)C1. The van der Waals surface area contributed by atoms with Gasteiger partial charge in [0, 0.05) is 56.1 Å². The van der Waals surface area contributed by atoms with Crippen LogP contribution in [0.5, 0.6) is 0 Å². The van der Waals surface area contributed by atoms with E-state index in [1.165, 1.54) is 10.6 Å². The fourth-order valence-corrected chi connectivity index (χ4v) is 4.03. The van der Waals surface area contributed by atoms with Gasteiger partial charge in [-0.25, -0.2) is 4.99 Å².